The van der Waals surface area contributed by atoms with Crippen LogP contribution < -0.4 is 21.0 Å². The van der Waals surface area contributed by atoms with Crippen molar-refractivity contribution >= 4 is 33.5 Å². The van der Waals surface area contributed by atoms with Crippen molar-refractivity contribution in [1.29, 1.82) is 5.41 Å². The van der Waals surface area contributed by atoms with Crippen LogP contribution in [0.1, 0.15) is 33.7 Å². The summed E-state index contributed by atoms with van der Waals surface area (Å²) in [7, 11) is 1.61. The summed E-state index contributed by atoms with van der Waals surface area (Å²) in [5, 5.41) is 13.5. The van der Waals surface area contributed by atoms with Gasteiger partial charge >= 0.3 is 0 Å². The van der Waals surface area contributed by atoms with Gasteiger partial charge in [0.25, 0.3) is 0 Å². The molecule has 0 saturated heterocycles. The van der Waals surface area contributed by atoms with E-state index in [1.165, 1.54) is 0 Å². The van der Waals surface area contributed by atoms with Crippen LogP contribution in [0.15, 0.2) is 74.3 Å². The van der Waals surface area contributed by atoms with E-state index in [-0.39, 0.29) is 11.0 Å². The molecule has 0 spiro atoms. The highest BCUT2D eigenvalue weighted by Gasteiger charge is 2.35. The minimum Gasteiger partial charge on any atom is -0.497 e. The molecule has 1 unspecified atom stereocenters. The van der Waals surface area contributed by atoms with E-state index in [1.54, 1.807) is 7.11 Å². The van der Waals surface area contributed by atoms with Gasteiger partial charge in [0.15, 0.2) is 5.43 Å². The van der Waals surface area contributed by atoms with E-state index in [4.69, 9.17) is 19.0 Å². The van der Waals surface area contributed by atoms with Gasteiger partial charge in [0.2, 0.25) is 11.4 Å². The highest BCUT2D eigenvalue weighted by atomic mass is 16.5. The first kappa shape index (κ1) is 20.3. The third kappa shape index (κ3) is 2.95. The normalized spacial score (nSPS) is 14.5. The predicted octanol–water partition coefficient (Wildman–Crippen LogP) is 5.88. The highest BCUT2D eigenvalue weighted by molar-refractivity contribution is 5.96. The molecule has 3 aromatic carbocycles. The largest absolute Gasteiger partial charge is 0.497 e. The summed E-state index contributed by atoms with van der Waals surface area (Å²) in [5.74, 6) is 0.562. The minimum absolute atomic E-state index is 0.00839. The second kappa shape index (κ2) is 7.35. The number of rotatable bonds is 2. The Morgan fingerprint density at radius 3 is 2.18 bits per heavy atom. The van der Waals surface area contributed by atoms with Crippen molar-refractivity contribution in [2.45, 2.75) is 19.8 Å². The summed E-state index contributed by atoms with van der Waals surface area (Å²) in [6, 6.07) is 19.0. The molecule has 0 fully saturated rings. The molecule has 0 saturated carbocycles. The fraction of sp³-hybridized carbons (Fsp3) is 0.143. The molecule has 2 aromatic heterocycles. The number of hydrogen-bond donors (Lipinski definition) is 2. The fourth-order valence-corrected chi connectivity index (χ4v) is 4.83. The fourth-order valence-electron chi connectivity index (χ4n) is 4.83. The van der Waals surface area contributed by atoms with Crippen LogP contribution in [0.2, 0.25) is 0 Å². The molecule has 6 heteroatoms. The average Bonchev–Trinajstić information content (AvgIpc) is 2.84. The molecule has 2 N–H and O–H groups in total. The molecule has 1 aliphatic heterocycles. The van der Waals surface area contributed by atoms with Crippen molar-refractivity contribution in [3.05, 3.63) is 104 Å². The number of nitrogens with one attached hydrogen (secondary N) is 2. The first-order valence-electron chi connectivity index (χ1n) is 11.0. The van der Waals surface area contributed by atoms with Crippen LogP contribution in [-0.2, 0) is 0 Å². The maximum absolute atomic E-state index is 13.9. The third-order valence-corrected chi connectivity index (χ3v) is 6.48. The van der Waals surface area contributed by atoms with Crippen LogP contribution in [0.3, 0.4) is 0 Å². The minimum atomic E-state index is -0.542. The van der Waals surface area contributed by atoms with Gasteiger partial charge in [-0.3, -0.25) is 10.2 Å². The van der Waals surface area contributed by atoms with Crippen molar-refractivity contribution < 1.29 is 13.6 Å². The zero-order chi connectivity index (χ0) is 23.6. The topological polar surface area (TPSA) is 88.5 Å². The number of ether oxygens (including phenoxy) is 1. The van der Waals surface area contributed by atoms with Crippen molar-refractivity contribution in [3.63, 3.8) is 0 Å². The highest BCUT2D eigenvalue weighted by Crippen LogP contribution is 2.45. The van der Waals surface area contributed by atoms with Crippen molar-refractivity contribution in [3.8, 4) is 5.75 Å². The van der Waals surface area contributed by atoms with E-state index < -0.39 is 5.92 Å². The standard InChI is InChI=1S/C28H22N2O4/c1-14-4-10-20-18(12-14)25-23(27(29)33-20)22(16-6-8-17(32-3)9-7-16)24-26(31)19-13-15(2)5-11-21(19)34-28(24)30-25/h4-13,22,29-30H,1-3H3. The van der Waals surface area contributed by atoms with E-state index in [0.717, 1.165) is 27.8 Å². The summed E-state index contributed by atoms with van der Waals surface area (Å²) >= 11 is 0. The van der Waals surface area contributed by atoms with Gasteiger partial charge in [-0.25, -0.2) is 0 Å². The SMILES string of the molecule is COc1ccc(C2c3c(c4cc(C)ccc4oc3=N)Nc3oc4ccc(C)cc4c(=O)c32)cc1. The summed E-state index contributed by atoms with van der Waals surface area (Å²) < 4.78 is 17.5. The lowest BCUT2D eigenvalue weighted by atomic mass is 9.82. The van der Waals surface area contributed by atoms with Crippen LogP contribution >= 0.6 is 0 Å². The average molecular weight is 450 g/mol. The quantitative estimate of drug-likeness (QED) is 0.344. The lowest BCUT2D eigenvalue weighted by molar-refractivity contribution is 0.414. The zero-order valence-electron chi connectivity index (χ0n) is 19.0. The first-order chi connectivity index (χ1) is 16.4. The maximum Gasteiger partial charge on any atom is 0.218 e. The Hall–Kier alpha value is -4.32. The number of methoxy groups -OCH3 is 1. The molecule has 6 rings (SSSR count). The monoisotopic (exact) mass is 450 g/mol. The number of fused-ring (bicyclic) bond motifs is 5. The van der Waals surface area contributed by atoms with Gasteiger partial charge in [-0.05, 0) is 55.8 Å². The van der Waals surface area contributed by atoms with E-state index in [0.29, 0.717) is 39.3 Å². The summed E-state index contributed by atoms with van der Waals surface area (Å²) in [4.78, 5) is 13.9. The molecule has 1 atom stereocenters. The lowest BCUT2D eigenvalue weighted by Gasteiger charge is -2.28. The smallest absolute Gasteiger partial charge is 0.218 e. The van der Waals surface area contributed by atoms with Crippen LogP contribution in [-0.4, -0.2) is 7.11 Å². The van der Waals surface area contributed by atoms with Gasteiger partial charge < -0.3 is 18.9 Å². The molecule has 0 aliphatic carbocycles. The Balaban J connectivity index is 1.74. The Kier molecular flexibility index (Phi) is 4.39. The lowest BCUT2D eigenvalue weighted by Crippen LogP contribution is -2.27. The van der Waals surface area contributed by atoms with Crippen LogP contribution in [0.4, 0.5) is 11.6 Å². The third-order valence-electron chi connectivity index (χ3n) is 6.48. The number of benzene rings is 3. The second-order valence-electron chi connectivity index (χ2n) is 8.72. The Bertz CT molecular complexity index is 1730. The first-order valence-corrected chi connectivity index (χ1v) is 11.0. The van der Waals surface area contributed by atoms with Gasteiger partial charge in [0, 0.05) is 5.39 Å². The molecule has 6 nitrogen and oxygen atoms in total. The van der Waals surface area contributed by atoms with E-state index >= 15 is 0 Å². The van der Waals surface area contributed by atoms with Gasteiger partial charge in [0.05, 0.1) is 35.2 Å². The summed E-state index contributed by atoms with van der Waals surface area (Å²) in [6.07, 6.45) is 0. The molecule has 5 aromatic rings. The molecule has 0 radical (unpaired) electrons. The molecule has 168 valence electrons. The van der Waals surface area contributed by atoms with Gasteiger partial charge in [-0.1, -0.05) is 35.4 Å². The molecular weight excluding hydrogens is 428 g/mol. The molecule has 0 bridgehead atoms. The van der Waals surface area contributed by atoms with E-state index in [9.17, 15) is 4.79 Å². The second-order valence-corrected chi connectivity index (χ2v) is 8.72. The molecular formula is C28H22N2O4. The van der Waals surface area contributed by atoms with Crippen LogP contribution in [0.25, 0.3) is 21.9 Å². The van der Waals surface area contributed by atoms with Gasteiger partial charge in [-0.15, -0.1) is 0 Å². The maximum atomic E-state index is 13.9. The predicted molar refractivity (Wildman–Crippen MR) is 131 cm³/mol. The molecule has 1 aliphatic rings. The van der Waals surface area contributed by atoms with Crippen molar-refractivity contribution in [2.24, 2.45) is 0 Å². The number of hydrogen-bond acceptors (Lipinski definition) is 6. The Labute approximate surface area is 194 Å². The number of anilines is 2. The van der Waals surface area contributed by atoms with Gasteiger partial charge in [-0.2, -0.15) is 0 Å². The van der Waals surface area contributed by atoms with Crippen molar-refractivity contribution in [2.75, 3.05) is 12.4 Å². The van der Waals surface area contributed by atoms with Crippen molar-refractivity contribution in [1.82, 2.24) is 0 Å². The van der Waals surface area contributed by atoms with E-state index in [1.807, 2.05) is 74.5 Å². The number of aryl methyl sites for hydroxylation is 2. The van der Waals surface area contributed by atoms with Crippen LogP contribution in [0, 0.1) is 19.3 Å². The zero-order valence-corrected chi connectivity index (χ0v) is 19.0. The summed E-state index contributed by atoms with van der Waals surface area (Å²) in [6.45, 7) is 3.95. The van der Waals surface area contributed by atoms with Gasteiger partial charge in [0.1, 0.15) is 16.9 Å². The molecule has 3 heterocycles. The van der Waals surface area contributed by atoms with E-state index in [2.05, 4.69) is 5.32 Å². The summed E-state index contributed by atoms with van der Waals surface area (Å²) in [5.41, 5.74) is 5.67. The molecule has 0 amide bonds. The molecule has 34 heavy (non-hydrogen) atoms. The van der Waals surface area contributed by atoms with Crippen LogP contribution in [0.5, 0.6) is 5.75 Å². The Morgan fingerprint density at radius 2 is 1.50 bits per heavy atom. The Morgan fingerprint density at radius 1 is 0.853 bits per heavy atom.